The third kappa shape index (κ3) is 4.70. The highest BCUT2D eigenvalue weighted by atomic mass is 16.2. The maximum Gasteiger partial charge on any atom is 0.325 e. The molecular weight excluding hydrogens is 356 g/mol. The Morgan fingerprint density at radius 3 is 2.25 bits per heavy atom. The normalized spacial score (nSPS) is 19.7. The lowest BCUT2D eigenvalue weighted by Crippen LogP contribution is -2.46. The number of urea groups is 1. The van der Waals surface area contributed by atoms with Crippen LogP contribution in [0.25, 0.3) is 0 Å². The van der Waals surface area contributed by atoms with Crippen LogP contribution in [0.4, 0.5) is 4.79 Å². The second-order valence-corrected chi connectivity index (χ2v) is 8.09. The first-order valence-electron chi connectivity index (χ1n) is 9.80. The van der Waals surface area contributed by atoms with E-state index in [0.29, 0.717) is 30.7 Å². The van der Waals surface area contributed by atoms with Crippen LogP contribution >= 0.6 is 0 Å². The molecule has 7 heteroatoms. The van der Waals surface area contributed by atoms with E-state index in [4.69, 9.17) is 0 Å². The molecule has 0 aliphatic carbocycles. The maximum atomic E-state index is 12.9. The zero-order valence-electron chi connectivity index (χ0n) is 17.7. The van der Waals surface area contributed by atoms with Gasteiger partial charge in [0.25, 0.3) is 5.91 Å². The molecular formula is C21H32N4O3. The minimum atomic E-state index is -1.16. The molecule has 0 aromatic heterocycles. The Hall–Kier alpha value is -2.41. The van der Waals surface area contributed by atoms with Gasteiger partial charge in [-0.1, -0.05) is 29.8 Å². The summed E-state index contributed by atoms with van der Waals surface area (Å²) in [4.78, 5) is 40.8. The van der Waals surface area contributed by atoms with Gasteiger partial charge in [0.2, 0.25) is 5.91 Å². The van der Waals surface area contributed by atoms with E-state index >= 15 is 0 Å². The second-order valence-electron chi connectivity index (χ2n) is 8.09. The van der Waals surface area contributed by atoms with Gasteiger partial charge in [-0.15, -0.1) is 0 Å². The van der Waals surface area contributed by atoms with Crippen LogP contribution < -0.4 is 10.6 Å². The summed E-state index contributed by atoms with van der Waals surface area (Å²) >= 11 is 0. The van der Waals surface area contributed by atoms with Crippen LogP contribution in [0.15, 0.2) is 24.3 Å². The Balaban J connectivity index is 1.96. The van der Waals surface area contributed by atoms with E-state index in [-0.39, 0.29) is 12.5 Å². The number of aryl methyl sites for hydroxylation is 1. The van der Waals surface area contributed by atoms with Crippen LogP contribution in [0.3, 0.4) is 0 Å². The highest BCUT2D eigenvalue weighted by molar-refractivity contribution is 6.09. The third-order valence-electron chi connectivity index (χ3n) is 5.22. The van der Waals surface area contributed by atoms with E-state index in [9.17, 15) is 14.4 Å². The summed E-state index contributed by atoms with van der Waals surface area (Å²) in [6.45, 7) is 13.0. The Labute approximate surface area is 167 Å². The monoisotopic (exact) mass is 388 g/mol. The Bertz CT molecular complexity index is 722. The molecule has 1 aromatic rings. The number of imide groups is 1. The maximum absolute atomic E-state index is 12.9. The van der Waals surface area contributed by atoms with Gasteiger partial charge in [0.15, 0.2) is 0 Å². The molecule has 7 nitrogen and oxygen atoms in total. The van der Waals surface area contributed by atoms with Crippen molar-refractivity contribution in [2.24, 2.45) is 0 Å². The zero-order chi connectivity index (χ0) is 21.1. The highest BCUT2D eigenvalue weighted by Gasteiger charge is 2.49. The van der Waals surface area contributed by atoms with Crippen molar-refractivity contribution in [3.05, 3.63) is 35.4 Å². The summed E-state index contributed by atoms with van der Waals surface area (Å²) in [5.41, 5.74) is 0.609. The van der Waals surface area contributed by atoms with E-state index in [1.807, 2.05) is 31.2 Å². The fourth-order valence-electron chi connectivity index (χ4n) is 3.56. The van der Waals surface area contributed by atoms with E-state index in [1.54, 1.807) is 6.92 Å². The van der Waals surface area contributed by atoms with Crippen molar-refractivity contribution in [1.82, 2.24) is 20.4 Å². The van der Waals surface area contributed by atoms with E-state index < -0.39 is 17.5 Å². The predicted octanol–water partition coefficient (Wildman–Crippen LogP) is 2.00. The Kier molecular flexibility index (Phi) is 6.82. The number of amides is 4. The van der Waals surface area contributed by atoms with Crippen LogP contribution in [0.5, 0.6) is 0 Å². The molecule has 1 saturated heterocycles. The van der Waals surface area contributed by atoms with Gasteiger partial charge in [0.05, 0.1) is 0 Å². The van der Waals surface area contributed by atoms with Gasteiger partial charge in [0.1, 0.15) is 12.1 Å². The second kappa shape index (κ2) is 8.73. The standard InChI is InChI=1S/C21H32N4O3/c1-14(2)24(15(3)4)12-11-22-18(26)13-25-19(27)21(6,23-20(25)28)17-9-7-16(5)8-10-17/h7-10,14-15H,11-13H2,1-6H3,(H,22,26)(H,23,28). The van der Waals surface area contributed by atoms with Crippen LogP contribution in [-0.2, 0) is 15.1 Å². The summed E-state index contributed by atoms with van der Waals surface area (Å²) in [5, 5.41) is 5.54. The fraction of sp³-hybridized carbons (Fsp3) is 0.571. The Morgan fingerprint density at radius 1 is 1.14 bits per heavy atom. The molecule has 28 heavy (non-hydrogen) atoms. The molecule has 0 radical (unpaired) electrons. The minimum absolute atomic E-state index is 0.282. The van der Waals surface area contributed by atoms with Crippen LogP contribution in [0, 0.1) is 6.92 Å². The molecule has 1 atom stereocenters. The van der Waals surface area contributed by atoms with E-state index in [2.05, 4.69) is 43.2 Å². The van der Waals surface area contributed by atoms with Crippen molar-refractivity contribution in [2.75, 3.05) is 19.6 Å². The van der Waals surface area contributed by atoms with Crippen molar-refractivity contribution in [3.63, 3.8) is 0 Å². The molecule has 4 amide bonds. The largest absolute Gasteiger partial charge is 0.353 e. The average molecular weight is 389 g/mol. The number of nitrogens with zero attached hydrogens (tertiary/aromatic N) is 2. The summed E-state index contributed by atoms with van der Waals surface area (Å²) in [5.74, 6) is -0.758. The van der Waals surface area contributed by atoms with Gasteiger partial charge in [-0.3, -0.25) is 19.4 Å². The zero-order valence-corrected chi connectivity index (χ0v) is 17.7. The molecule has 1 aromatic carbocycles. The molecule has 2 N–H and O–H groups in total. The highest BCUT2D eigenvalue weighted by Crippen LogP contribution is 2.28. The first kappa shape index (κ1) is 21.9. The number of carbonyl (C=O) groups excluding carboxylic acids is 3. The summed E-state index contributed by atoms with van der Waals surface area (Å²) in [6, 6.07) is 7.63. The number of rotatable bonds is 8. The van der Waals surface area contributed by atoms with Crippen molar-refractivity contribution >= 4 is 17.8 Å². The number of nitrogens with one attached hydrogen (secondary N) is 2. The molecule has 2 rings (SSSR count). The molecule has 154 valence electrons. The molecule has 0 spiro atoms. The first-order valence-corrected chi connectivity index (χ1v) is 9.80. The Morgan fingerprint density at radius 2 is 1.71 bits per heavy atom. The summed E-state index contributed by atoms with van der Waals surface area (Å²) < 4.78 is 0. The first-order chi connectivity index (χ1) is 13.1. The lowest BCUT2D eigenvalue weighted by Gasteiger charge is -2.30. The van der Waals surface area contributed by atoms with Gasteiger partial charge in [0, 0.05) is 25.2 Å². The lowest BCUT2D eigenvalue weighted by molar-refractivity contribution is -0.134. The van der Waals surface area contributed by atoms with Crippen LogP contribution in [0.1, 0.15) is 45.7 Å². The number of carbonyl (C=O) groups is 3. The fourth-order valence-corrected chi connectivity index (χ4v) is 3.56. The lowest BCUT2D eigenvalue weighted by atomic mass is 9.91. The van der Waals surface area contributed by atoms with Gasteiger partial charge in [-0.2, -0.15) is 0 Å². The topological polar surface area (TPSA) is 81.8 Å². The van der Waals surface area contributed by atoms with Crippen molar-refractivity contribution in [2.45, 2.75) is 59.2 Å². The minimum Gasteiger partial charge on any atom is -0.353 e. The predicted molar refractivity (Wildman–Crippen MR) is 109 cm³/mol. The van der Waals surface area contributed by atoms with Gasteiger partial charge in [-0.05, 0) is 47.1 Å². The van der Waals surface area contributed by atoms with Crippen molar-refractivity contribution in [3.8, 4) is 0 Å². The van der Waals surface area contributed by atoms with E-state index in [0.717, 1.165) is 10.5 Å². The van der Waals surface area contributed by atoms with Gasteiger partial charge in [-0.25, -0.2) is 4.79 Å². The summed E-state index contributed by atoms with van der Waals surface area (Å²) in [6.07, 6.45) is 0. The van der Waals surface area contributed by atoms with Crippen LogP contribution in [0.2, 0.25) is 0 Å². The number of hydrogen-bond acceptors (Lipinski definition) is 4. The number of benzene rings is 1. The molecule has 1 unspecified atom stereocenters. The van der Waals surface area contributed by atoms with E-state index in [1.165, 1.54) is 0 Å². The molecule has 0 saturated carbocycles. The van der Waals surface area contributed by atoms with Gasteiger partial charge >= 0.3 is 6.03 Å². The van der Waals surface area contributed by atoms with Crippen molar-refractivity contribution in [1.29, 1.82) is 0 Å². The smallest absolute Gasteiger partial charge is 0.325 e. The molecule has 1 aliphatic rings. The van der Waals surface area contributed by atoms with Gasteiger partial charge < -0.3 is 10.6 Å². The molecule has 1 fully saturated rings. The van der Waals surface area contributed by atoms with Crippen molar-refractivity contribution < 1.29 is 14.4 Å². The van der Waals surface area contributed by atoms with Crippen LogP contribution in [-0.4, -0.2) is 59.4 Å². The molecule has 0 bridgehead atoms. The average Bonchev–Trinajstić information content (AvgIpc) is 2.82. The third-order valence-corrected chi connectivity index (χ3v) is 5.22. The summed E-state index contributed by atoms with van der Waals surface area (Å²) in [7, 11) is 0. The quantitative estimate of drug-likeness (QED) is 0.668. The number of hydrogen-bond donors (Lipinski definition) is 2. The SMILES string of the molecule is Cc1ccc(C2(C)NC(=O)N(CC(=O)NCCN(C(C)C)C(C)C)C2=O)cc1. The molecule has 1 aliphatic heterocycles. The molecule has 1 heterocycles.